The minimum absolute atomic E-state index is 0. The largest absolute Gasteiger partial charge is 0.352 e. The number of fused-ring (bicyclic) bond motifs is 1. The van der Waals surface area contributed by atoms with Crippen LogP contribution in [0.2, 0.25) is 0 Å². The third-order valence-corrected chi connectivity index (χ3v) is 3.87. The first kappa shape index (κ1) is 21.9. The van der Waals surface area contributed by atoms with Gasteiger partial charge in [0.25, 0.3) is 5.91 Å². The van der Waals surface area contributed by atoms with Crippen LogP contribution in [0.5, 0.6) is 0 Å². The number of nitrogens with zero attached hydrogens (tertiary/aromatic N) is 3. The third kappa shape index (κ3) is 5.42. The molecule has 0 fully saturated rings. The molecule has 0 bridgehead atoms. The minimum Gasteiger partial charge on any atom is -0.352 e. The highest BCUT2D eigenvalue weighted by Gasteiger charge is 2.10. The van der Waals surface area contributed by atoms with Gasteiger partial charge < -0.3 is 15.6 Å². The van der Waals surface area contributed by atoms with E-state index in [2.05, 4.69) is 27.4 Å². The van der Waals surface area contributed by atoms with Crippen LogP contribution in [0.15, 0.2) is 48.9 Å². The summed E-state index contributed by atoms with van der Waals surface area (Å²) >= 11 is 0. The number of rotatable bonds is 7. The number of benzene rings is 1. The first-order valence-electron chi connectivity index (χ1n) is 8.11. The SMILES string of the molecule is Cl.Cl.NCCCNC(=O)c1cnc2c(c1)ncn2CCc1ccccc1. The van der Waals surface area contributed by atoms with Crippen LogP contribution in [0, 0.1) is 0 Å². The Morgan fingerprint density at radius 1 is 1.15 bits per heavy atom. The van der Waals surface area contributed by atoms with Gasteiger partial charge in [-0.3, -0.25) is 4.79 Å². The second-order valence-corrected chi connectivity index (χ2v) is 5.64. The predicted molar refractivity (Wildman–Crippen MR) is 108 cm³/mol. The maximum absolute atomic E-state index is 12.1. The fourth-order valence-electron chi connectivity index (χ4n) is 2.54. The van der Waals surface area contributed by atoms with Gasteiger partial charge >= 0.3 is 0 Å². The number of hydrogen-bond donors (Lipinski definition) is 2. The quantitative estimate of drug-likeness (QED) is 0.601. The molecule has 0 aliphatic heterocycles. The average Bonchev–Trinajstić information content (AvgIpc) is 3.03. The second-order valence-electron chi connectivity index (χ2n) is 5.64. The summed E-state index contributed by atoms with van der Waals surface area (Å²) in [7, 11) is 0. The van der Waals surface area contributed by atoms with Gasteiger partial charge in [-0.15, -0.1) is 24.8 Å². The van der Waals surface area contributed by atoms with Crippen molar-refractivity contribution in [1.29, 1.82) is 0 Å². The lowest BCUT2D eigenvalue weighted by Crippen LogP contribution is -2.26. The summed E-state index contributed by atoms with van der Waals surface area (Å²) in [4.78, 5) is 20.8. The van der Waals surface area contributed by atoms with Crippen molar-refractivity contribution in [3.05, 3.63) is 60.0 Å². The van der Waals surface area contributed by atoms with Gasteiger partial charge in [0, 0.05) is 19.3 Å². The van der Waals surface area contributed by atoms with Crippen molar-refractivity contribution < 1.29 is 4.79 Å². The molecule has 2 heterocycles. The van der Waals surface area contributed by atoms with Gasteiger partial charge in [-0.1, -0.05) is 30.3 Å². The molecule has 0 radical (unpaired) electrons. The fraction of sp³-hybridized carbons (Fsp3) is 0.278. The molecule has 2 aromatic heterocycles. The van der Waals surface area contributed by atoms with Crippen molar-refractivity contribution in [3.8, 4) is 0 Å². The lowest BCUT2D eigenvalue weighted by molar-refractivity contribution is 0.0953. The van der Waals surface area contributed by atoms with E-state index >= 15 is 0 Å². The Morgan fingerprint density at radius 3 is 2.65 bits per heavy atom. The number of hydrogen-bond acceptors (Lipinski definition) is 4. The molecule has 3 N–H and O–H groups in total. The highest BCUT2D eigenvalue weighted by atomic mass is 35.5. The van der Waals surface area contributed by atoms with E-state index in [-0.39, 0.29) is 30.7 Å². The summed E-state index contributed by atoms with van der Waals surface area (Å²) in [5.74, 6) is -0.142. The van der Waals surface area contributed by atoms with E-state index in [1.54, 1.807) is 18.6 Å². The molecule has 0 unspecified atom stereocenters. The molecule has 6 nitrogen and oxygen atoms in total. The number of amides is 1. The van der Waals surface area contributed by atoms with Gasteiger partial charge in [0.05, 0.1) is 11.9 Å². The van der Waals surface area contributed by atoms with E-state index in [0.717, 1.165) is 30.6 Å². The zero-order valence-corrected chi connectivity index (χ0v) is 15.9. The summed E-state index contributed by atoms with van der Waals surface area (Å²) in [5, 5.41) is 2.82. The normalized spacial score (nSPS) is 10.0. The molecule has 0 saturated heterocycles. The number of nitrogens with one attached hydrogen (secondary N) is 1. The first-order valence-corrected chi connectivity index (χ1v) is 8.11. The Labute approximate surface area is 165 Å². The van der Waals surface area contributed by atoms with Crippen molar-refractivity contribution in [2.24, 2.45) is 5.73 Å². The van der Waals surface area contributed by atoms with Crippen LogP contribution in [-0.2, 0) is 13.0 Å². The lowest BCUT2D eigenvalue weighted by Gasteiger charge is -2.05. The fourth-order valence-corrected chi connectivity index (χ4v) is 2.54. The van der Waals surface area contributed by atoms with Gasteiger partial charge in [0.15, 0.2) is 5.65 Å². The van der Waals surface area contributed by atoms with E-state index in [1.807, 2.05) is 22.8 Å². The molecule has 3 rings (SSSR count). The molecular weight excluding hydrogens is 373 g/mol. The molecule has 8 heteroatoms. The highest BCUT2D eigenvalue weighted by Crippen LogP contribution is 2.13. The monoisotopic (exact) mass is 395 g/mol. The number of pyridine rings is 1. The molecule has 0 spiro atoms. The molecule has 1 amide bonds. The van der Waals surface area contributed by atoms with Gasteiger partial charge in [-0.25, -0.2) is 9.97 Å². The van der Waals surface area contributed by atoms with E-state index in [0.29, 0.717) is 18.7 Å². The average molecular weight is 396 g/mol. The van der Waals surface area contributed by atoms with E-state index < -0.39 is 0 Å². The number of aryl methyl sites for hydroxylation is 2. The van der Waals surface area contributed by atoms with Crippen molar-refractivity contribution in [1.82, 2.24) is 19.9 Å². The van der Waals surface area contributed by atoms with Crippen molar-refractivity contribution >= 4 is 41.9 Å². The smallest absolute Gasteiger partial charge is 0.252 e. The first-order chi connectivity index (χ1) is 11.8. The topological polar surface area (TPSA) is 85.8 Å². The van der Waals surface area contributed by atoms with Crippen LogP contribution in [0.1, 0.15) is 22.3 Å². The van der Waals surface area contributed by atoms with Crippen LogP contribution >= 0.6 is 24.8 Å². The lowest BCUT2D eigenvalue weighted by atomic mass is 10.1. The Morgan fingerprint density at radius 2 is 1.92 bits per heavy atom. The number of nitrogens with two attached hydrogens (primary N) is 1. The van der Waals surface area contributed by atoms with Gasteiger partial charge in [0.1, 0.15) is 5.52 Å². The van der Waals surface area contributed by atoms with Gasteiger partial charge in [0.2, 0.25) is 0 Å². The highest BCUT2D eigenvalue weighted by molar-refractivity contribution is 5.96. The summed E-state index contributed by atoms with van der Waals surface area (Å²) in [6.07, 6.45) is 5.04. The molecule has 0 atom stereocenters. The van der Waals surface area contributed by atoms with Crippen LogP contribution < -0.4 is 11.1 Å². The molecular formula is C18H23Cl2N5O. The molecule has 0 aliphatic rings. The van der Waals surface area contributed by atoms with Crippen molar-refractivity contribution in [2.75, 3.05) is 13.1 Å². The Balaban J connectivity index is 0.00000169. The molecule has 0 aliphatic carbocycles. The standard InChI is InChI=1S/C18H21N5O.2ClH/c19-8-4-9-20-18(24)15-11-16-17(21-12-15)23(13-22-16)10-7-14-5-2-1-3-6-14;;/h1-3,5-6,11-13H,4,7-10,19H2,(H,20,24);2*1H. The minimum atomic E-state index is -0.142. The van der Waals surface area contributed by atoms with Gasteiger partial charge in [-0.2, -0.15) is 0 Å². The third-order valence-electron chi connectivity index (χ3n) is 3.87. The summed E-state index contributed by atoms with van der Waals surface area (Å²) < 4.78 is 2.01. The van der Waals surface area contributed by atoms with E-state index in [9.17, 15) is 4.79 Å². The Bertz CT molecular complexity index is 823. The predicted octanol–water partition coefficient (Wildman–Crippen LogP) is 2.60. The maximum atomic E-state index is 12.1. The molecule has 26 heavy (non-hydrogen) atoms. The maximum Gasteiger partial charge on any atom is 0.252 e. The van der Waals surface area contributed by atoms with Crippen LogP contribution in [0.4, 0.5) is 0 Å². The van der Waals surface area contributed by atoms with Gasteiger partial charge in [-0.05, 0) is 31.0 Å². The number of carbonyl (C=O) groups is 1. The van der Waals surface area contributed by atoms with Crippen LogP contribution in [0.25, 0.3) is 11.2 Å². The second kappa shape index (κ2) is 10.8. The molecule has 1 aromatic carbocycles. The zero-order valence-electron chi connectivity index (χ0n) is 14.3. The summed E-state index contributed by atoms with van der Waals surface area (Å²) in [5.41, 5.74) is 8.75. The number of halogens is 2. The van der Waals surface area contributed by atoms with Crippen molar-refractivity contribution in [2.45, 2.75) is 19.4 Å². The summed E-state index contributed by atoms with van der Waals surface area (Å²) in [6.45, 7) is 1.93. The number of carbonyl (C=O) groups excluding carboxylic acids is 1. The van der Waals surface area contributed by atoms with Crippen molar-refractivity contribution in [3.63, 3.8) is 0 Å². The van der Waals surface area contributed by atoms with Crippen LogP contribution in [-0.4, -0.2) is 33.5 Å². The van der Waals surface area contributed by atoms with E-state index in [4.69, 9.17) is 5.73 Å². The zero-order chi connectivity index (χ0) is 16.8. The Kier molecular flexibility index (Phi) is 9.05. The number of imidazole rings is 1. The molecule has 3 aromatic rings. The summed E-state index contributed by atoms with van der Waals surface area (Å²) in [6, 6.07) is 12.1. The van der Waals surface area contributed by atoms with E-state index in [1.165, 1.54) is 5.56 Å². The Hall–Kier alpha value is -2.15. The number of aromatic nitrogens is 3. The van der Waals surface area contributed by atoms with Crippen LogP contribution in [0.3, 0.4) is 0 Å². The molecule has 0 saturated carbocycles. The molecule has 140 valence electrons.